The van der Waals surface area contributed by atoms with Crippen molar-refractivity contribution in [3.8, 4) is 0 Å². The van der Waals surface area contributed by atoms with Crippen molar-refractivity contribution in [2.45, 2.75) is 38.6 Å². The lowest BCUT2D eigenvalue weighted by Crippen LogP contribution is -2.37. The lowest BCUT2D eigenvalue weighted by atomic mass is 9.74. The van der Waals surface area contributed by atoms with E-state index in [0.717, 1.165) is 0 Å². The van der Waals surface area contributed by atoms with E-state index in [1.165, 1.54) is 29.5 Å². The fourth-order valence-electron chi connectivity index (χ4n) is 2.15. The Morgan fingerprint density at radius 1 is 1.23 bits per heavy atom. The molecule has 2 atom stereocenters. The van der Waals surface area contributed by atoms with Crippen LogP contribution in [0.15, 0.2) is 18.2 Å². The van der Waals surface area contributed by atoms with Crippen LogP contribution in [0.1, 0.15) is 35.4 Å². The Bertz CT molecular complexity index is 317. The fourth-order valence-corrected chi connectivity index (χ4v) is 2.15. The summed E-state index contributed by atoms with van der Waals surface area (Å²) < 4.78 is 0. The minimum atomic E-state index is 0.404. The largest absolute Gasteiger partial charge is 0.327 e. The van der Waals surface area contributed by atoms with Gasteiger partial charge in [-0.3, -0.25) is 0 Å². The van der Waals surface area contributed by atoms with Gasteiger partial charge in [-0.2, -0.15) is 0 Å². The predicted octanol–water partition coefficient (Wildman–Crippen LogP) is 2.51. The average molecular weight is 175 g/mol. The molecule has 2 N–H and O–H groups in total. The van der Waals surface area contributed by atoms with Crippen LogP contribution in [0.25, 0.3) is 0 Å². The van der Waals surface area contributed by atoms with E-state index >= 15 is 0 Å². The van der Waals surface area contributed by atoms with Crippen LogP contribution in [-0.4, -0.2) is 6.04 Å². The number of hydrogen-bond acceptors (Lipinski definition) is 1. The lowest BCUT2D eigenvalue weighted by Gasteiger charge is -2.35. The lowest BCUT2D eigenvalue weighted by molar-refractivity contribution is 0.345. The molecule has 1 saturated carbocycles. The molecule has 1 aliphatic rings. The van der Waals surface area contributed by atoms with Gasteiger partial charge in [0.2, 0.25) is 0 Å². The Hall–Kier alpha value is -0.820. The van der Waals surface area contributed by atoms with Crippen molar-refractivity contribution >= 4 is 0 Å². The van der Waals surface area contributed by atoms with Gasteiger partial charge in [-0.25, -0.2) is 0 Å². The maximum atomic E-state index is 5.96. The zero-order valence-electron chi connectivity index (χ0n) is 8.38. The quantitative estimate of drug-likeness (QED) is 0.697. The summed E-state index contributed by atoms with van der Waals surface area (Å²) in [5.74, 6) is 0.626. The molecule has 1 nitrogen and oxygen atoms in total. The number of hydrogen-bond donors (Lipinski definition) is 1. The minimum absolute atomic E-state index is 0.404. The second-order valence-corrected chi connectivity index (χ2v) is 4.21. The molecular formula is C12H17N. The van der Waals surface area contributed by atoms with Gasteiger partial charge in [0, 0.05) is 6.04 Å². The van der Waals surface area contributed by atoms with Crippen LogP contribution in [0.2, 0.25) is 0 Å². The van der Waals surface area contributed by atoms with E-state index in [2.05, 4.69) is 32.0 Å². The molecule has 0 radical (unpaired) electrons. The highest BCUT2D eigenvalue weighted by Gasteiger charge is 2.29. The molecule has 0 heterocycles. The molecule has 0 aliphatic heterocycles. The van der Waals surface area contributed by atoms with Gasteiger partial charge in [-0.1, -0.05) is 23.8 Å². The molecule has 0 saturated heterocycles. The highest BCUT2D eigenvalue weighted by Crippen LogP contribution is 2.37. The summed E-state index contributed by atoms with van der Waals surface area (Å²) in [6.07, 6.45) is 2.46. The maximum Gasteiger partial charge on any atom is 0.0108 e. The molecule has 0 unspecified atom stereocenters. The molecule has 1 fully saturated rings. The molecule has 0 aromatic heterocycles. The van der Waals surface area contributed by atoms with Crippen molar-refractivity contribution in [2.24, 2.45) is 5.73 Å². The Balaban J connectivity index is 2.30. The van der Waals surface area contributed by atoms with E-state index in [0.29, 0.717) is 12.0 Å². The molecule has 0 spiro atoms. The van der Waals surface area contributed by atoms with Crippen LogP contribution in [0.3, 0.4) is 0 Å². The highest BCUT2D eigenvalue weighted by atomic mass is 14.7. The average Bonchev–Trinajstić information content (AvgIpc) is 2.07. The zero-order chi connectivity index (χ0) is 9.42. The molecule has 1 aromatic rings. The Morgan fingerprint density at radius 2 is 2.00 bits per heavy atom. The Morgan fingerprint density at radius 3 is 2.46 bits per heavy atom. The van der Waals surface area contributed by atoms with Gasteiger partial charge in [0.15, 0.2) is 0 Å². The molecule has 0 bridgehead atoms. The summed E-state index contributed by atoms with van der Waals surface area (Å²) in [6, 6.07) is 7.09. The molecule has 0 amide bonds. The summed E-state index contributed by atoms with van der Waals surface area (Å²) in [6.45, 7) is 4.32. The van der Waals surface area contributed by atoms with Crippen molar-refractivity contribution < 1.29 is 0 Å². The summed E-state index contributed by atoms with van der Waals surface area (Å²) in [4.78, 5) is 0. The van der Waals surface area contributed by atoms with Gasteiger partial charge in [0.25, 0.3) is 0 Å². The van der Waals surface area contributed by atoms with Crippen molar-refractivity contribution in [2.75, 3.05) is 0 Å². The van der Waals surface area contributed by atoms with Gasteiger partial charge in [-0.05, 0) is 43.7 Å². The third-order valence-electron chi connectivity index (χ3n) is 3.15. The van der Waals surface area contributed by atoms with Crippen molar-refractivity contribution in [1.29, 1.82) is 0 Å². The number of benzene rings is 1. The smallest absolute Gasteiger partial charge is 0.0108 e. The predicted molar refractivity (Wildman–Crippen MR) is 55.9 cm³/mol. The molecule has 70 valence electrons. The number of rotatable bonds is 1. The van der Waals surface area contributed by atoms with Crippen LogP contribution < -0.4 is 5.73 Å². The van der Waals surface area contributed by atoms with Crippen LogP contribution in [0.5, 0.6) is 0 Å². The second kappa shape index (κ2) is 3.15. The van der Waals surface area contributed by atoms with E-state index in [1.807, 2.05) is 0 Å². The first-order valence-corrected chi connectivity index (χ1v) is 5.01. The number of aryl methyl sites for hydroxylation is 2. The monoisotopic (exact) mass is 175 g/mol. The van der Waals surface area contributed by atoms with Gasteiger partial charge in [0.05, 0.1) is 0 Å². The van der Waals surface area contributed by atoms with Crippen LogP contribution in [0, 0.1) is 13.8 Å². The first-order valence-electron chi connectivity index (χ1n) is 5.01. The fraction of sp³-hybridized carbons (Fsp3) is 0.500. The topological polar surface area (TPSA) is 26.0 Å². The standard InChI is InChI=1S/C12H17N/c1-8-3-4-10(9(2)7-8)11-5-6-12(11)13/h3-4,7,11-12H,5-6,13H2,1-2H3/t11-,12-/m1/s1. The molecular weight excluding hydrogens is 158 g/mol. The van der Waals surface area contributed by atoms with Crippen molar-refractivity contribution in [3.63, 3.8) is 0 Å². The first-order chi connectivity index (χ1) is 6.18. The third kappa shape index (κ3) is 1.49. The van der Waals surface area contributed by atoms with Gasteiger partial charge >= 0.3 is 0 Å². The second-order valence-electron chi connectivity index (χ2n) is 4.21. The first kappa shape index (κ1) is 8.76. The summed E-state index contributed by atoms with van der Waals surface area (Å²) in [5.41, 5.74) is 10.2. The zero-order valence-corrected chi connectivity index (χ0v) is 8.38. The maximum absolute atomic E-state index is 5.96. The summed E-state index contributed by atoms with van der Waals surface area (Å²) in [5, 5.41) is 0. The molecule has 13 heavy (non-hydrogen) atoms. The van der Waals surface area contributed by atoms with Gasteiger partial charge < -0.3 is 5.73 Å². The normalized spacial score (nSPS) is 27.0. The molecule has 1 aromatic carbocycles. The SMILES string of the molecule is Cc1ccc([C@H]2CC[C@H]2N)c(C)c1. The van der Waals surface area contributed by atoms with E-state index < -0.39 is 0 Å². The van der Waals surface area contributed by atoms with E-state index in [1.54, 1.807) is 0 Å². The molecule has 2 rings (SSSR count). The van der Waals surface area contributed by atoms with Crippen LogP contribution in [-0.2, 0) is 0 Å². The summed E-state index contributed by atoms with van der Waals surface area (Å²) in [7, 11) is 0. The van der Waals surface area contributed by atoms with Gasteiger partial charge in [0.1, 0.15) is 0 Å². The Labute approximate surface area is 80.0 Å². The molecule has 1 aliphatic carbocycles. The van der Waals surface area contributed by atoms with E-state index in [4.69, 9.17) is 5.73 Å². The number of nitrogens with two attached hydrogens (primary N) is 1. The minimum Gasteiger partial charge on any atom is -0.327 e. The third-order valence-corrected chi connectivity index (χ3v) is 3.15. The van der Waals surface area contributed by atoms with Crippen molar-refractivity contribution in [1.82, 2.24) is 0 Å². The summed E-state index contributed by atoms with van der Waals surface area (Å²) >= 11 is 0. The van der Waals surface area contributed by atoms with Crippen LogP contribution in [0.4, 0.5) is 0 Å². The highest BCUT2D eigenvalue weighted by molar-refractivity contribution is 5.35. The molecule has 1 heteroatoms. The van der Waals surface area contributed by atoms with Crippen molar-refractivity contribution in [3.05, 3.63) is 34.9 Å². The van der Waals surface area contributed by atoms with Crippen LogP contribution >= 0.6 is 0 Å². The van der Waals surface area contributed by atoms with E-state index in [-0.39, 0.29) is 0 Å². The van der Waals surface area contributed by atoms with Gasteiger partial charge in [-0.15, -0.1) is 0 Å². The Kier molecular flexibility index (Phi) is 2.12. The van der Waals surface area contributed by atoms with E-state index in [9.17, 15) is 0 Å².